The van der Waals surface area contributed by atoms with Crippen molar-refractivity contribution in [2.75, 3.05) is 18.5 Å². The van der Waals surface area contributed by atoms with Crippen molar-refractivity contribution in [3.8, 4) is 12.3 Å². The van der Waals surface area contributed by atoms with Crippen LogP contribution in [0.15, 0.2) is 15.5 Å². The van der Waals surface area contributed by atoms with E-state index in [2.05, 4.69) is 32.3 Å². The molecule has 102 valence electrons. The number of rotatable bonds is 4. The van der Waals surface area contributed by atoms with Crippen molar-refractivity contribution in [3.05, 3.63) is 21.0 Å². The van der Waals surface area contributed by atoms with Gasteiger partial charge in [0.1, 0.15) is 11.0 Å². The second-order valence-corrected chi connectivity index (χ2v) is 5.20. The predicted molar refractivity (Wildman–Crippen MR) is 77.1 cm³/mol. The Kier molecular flexibility index (Phi) is 5.00. The predicted octanol–water partition coefficient (Wildman–Crippen LogP) is 1.62. The van der Waals surface area contributed by atoms with Gasteiger partial charge >= 0.3 is 0 Å². The van der Waals surface area contributed by atoms with E-state index in [4.69, 9.17) is 11.2 Å². The fourth-order valence-electron chi connectivity index (χ4n) is 1.98. The molecule has 0 aliphatic carbocycles. The van der Waals surface area contributed by atoms with E-state index in [1.807, 2.05) is 0 Å². The first-order valence-electron chi connectivity index (χ1n) is 6.27. The van der Waals surface area contributed by atoms with E-state index in [9.17, 15) is 4.79 Å². The van der Waals surface area contributed by atoms with Gasteiger partial charge in [0, 0.05) is 13.2 Å². The van der Waals surface area contributed by atoms with E-state index in [1.54, 1.807) is 6.20 Å². The molecule has 0 radical (unpaired) electrons. The summed E-state index contributed by atoms with van der Waals surface area (Å²) in [5.41, 5.74) is 0.444. The van der Waals surface area contributed by atoms with Gasteiger partial charge in [-0.25, -0.2) is 4.68 Å². The minimum atomic E-state index is -0.229. The summed E-state index contributed by atoms with van der Waals surface area (Å²) in [4.78, 5) is 11.9. The fraction of sp³-hybridized carbons (Fsp3) is 0.538. The van der Waals surface area contributed by atoms with E-state index >= 15 is 0 Å². The van der Waals surface area contributed by atoms with Crippen LogP contribution < -0.4 is 10.9 Å². The van der Waals surface area contributed by atoms with Crippen LogP contribution >= 0.6 is 15.9 Å². The number of hydrogen-bond acceptors (Lipinski definition) is 4. The van der Waals surface area contributed by atoms with Gasteiger partial charge < -0.3 is 10.1 Å². The van der Waals surface area contributed by atoms with E-state index in [-0.39, 0.29) is 18.2 Å². The van der Waals surface area contributed by atoms with Crippen LogP contribution in [0.3, 0.4) is 0 Å². The van der Waals surface area contributed by atoms with Gasteiger partial charge in [0.2, 0.25) is 0 Å². The summed E-state index contributed by atoms with van der Waals surface area (Å²) >= 11 is 3.28. The number of halogens is 1. The van der Waals surface area contributed by atoms with Gasteiger partial charge in [0.05, 0.1) is 18.0 Å². The molecule has 0 spiro atoms. The molecule has 5 nitrogen and oxygen atoms in total. The first-order chi connectivity index (χ1) is 9.22. The summed E-state index contributed by atoms with van der Waals surface area (Å²) in [6.07, 6.45) is 10.3. The van der Waals surface area contributed by atoms with Crippen LogP contribution in [0.25, 0.3) is 0 Å². The van der Waals surface area contributed by atoms with E-state index < -0.39 is 0 Å². The number of ether oxygens (including phenoxy) is 1. The summed E-state index contributed by atoms with van der Waals surface area (Å²) < 4.78 is 7.32. The molecule has 0 bridgehead atoms. The highest BCUT2D eigenvalue weighted by Crippen LogP contribution is 2.18. The quantitative estimate of drug-likeness (QED) is 0.855. The van der Waals surface area contributed by atoms with Crippen LogP contribution in [0.2, 0.25) is 0 Å². The number of aromatic nitrogens is 2. The summed E-state index contributed by atoms with van der Waals surface area (Å²) in [6, 6.07) is 0. The van der Waals surface area contributed by atoms with Gasteiger partial charge in [-0.1, -0.05) is 5.92 Å². The molecule has 6 heteroatoms. The molecule has 0 aromatic carbocycles. The monoisotopic (exact) mass is 325 g/mol. The molecule has 1 aliphatic heterocycles. The van der Waals surface area contributed by atoms with E-state index in [1.165, 1.54) is 11.1 Å². The summed E-state index contributed by atoms with van der Waals surface area (Å²) in [5, 5.41) is 7.21. The zero-order valence-corrected chi connectivity index (χ0v) is 12.1. The van der Waals surface area contributed by atoms with Gasteiger partial charge in [-0.05, 0) is 35.2 Å². The Balaban J connectivity index is 2.02. The third-order valence-corrected chi connectivity index (χ3v) is 3.79. The third-order valence-electron chi connectivity index (χ3n) is 3.02. The van der Waals surface area contributed by atoms with Crippen molar-refractivity contribution in [1.82, 2.24) is 9.78 Å². The highest BCUT2D eigenvalue weighted by molar-refractivity contribution is 9.10. The number of anilines is 1. The summed E-state index contributed by atoms with van der Waals surface area (Å²) in [7, 11) is 0. The topological polar surface area (TPSA) is 56.1 Å². The summed E-state index contributed by atoms with van der Waals surface area (Å²) in [6.45, 7) is 1.66. The fourth-order valence-corrected chi connectivity index (χ4v) is 2.43. The average molecular weight is 326 g/mol. The molecule has 1 aliphatic rings. The van der Waals surface area contributed by atoms with Gasteiger partial charge in [-0.2, -0.15) is 5.10 Å². The standard InChI is InChI=1S/C13H16BrN3O2/c1-2-6-17-13(18)12(14)11(9-16-17)15-8-10-5-3-4-7-19-10/h1,9-10,15H,3-8H2. The second kappa shape index (κ2) is 6.73. The van der Waals surface area contributed by atoms with Crippen molar-refractivity contribution < 1.29 is 4.74 Å². The molecule has 1 unspecified atom stereocenters. The van der Waals surface area contributed by atoms with Crippen molar-refractivity contribution in [3.63, 3.8) is 0 Å². The maximum Gasteiger partial charge on any atom is 0.284 e. The lowest BCUT2D eigenvalue weighted by atomic mass is 10.1. The molecule has 0 saturated carbocycles. The lowest BCUT2D eigenvalue weighted by Gasteiger charge is -2.23. The molecule has 1 atom stereocenters. The number of nitrogens with zero attached hydrogens (tertiary/aromatic N) is 2. The van der Waals surface area contributed by atoms with Gasteiger partial charge in [-0.3, -0.25) is 4.79 Å². The van der Waals surface area contributed by atoms with Crippen LogP contribution in [0.5, 0.6) is 0 Å². The maximum absolute atomic E-state index is 11.9. The molecular formula is C13H16BrN3O2. The minimum Gasteiger partial charge on any atom is -0.380 e. The average Bonchev–Trinajstić information content (AvgIpc) is 2.44. The highest BCUT2D eigenvalue weighted by atomic mass is 79.9. The lowest BCUT2D eigenvalue weighted by Crippen LogP contribution is -2.29. The van der Waals surface area contributed by atoms with Crippen LogP contribution in [-0.4, -0.2) is 29.0 Å². The molecule has 2 rings (SSSR count). The third kappa shape index (κ3) is 3.58. The van der Waals surface area contributed by atoms with Crippen molar-refractivity contribution in [1.29, 1.82) is 0 Å². The van der Waals surface area contributed by atoms with Crippen LogP contribution in [-0.2, 0) is 11.3 Å². The van der Waals surface area contributed by atoms with Crippen molar-refractivity contribution in [2.45, 2.75) is 31.9 Å². The van der Waals surface area contributed by atoms with Gasteiger partial charge in [-0.15, -0.1) is 6.42 Å². The molecule has 1 saturated heterocycles. The Hall–Kier alpha value is -1.32. The first kappa shape index (κ1) is 14.1. The molecule has 1 fully saturated rings. The molecule has 0 amide bonds. The number of hydrogen-bond donors (Lipinski definition) is 1. The van der Waals surface area contributed by atoms with Crippen LogP contribution in [0.4, 0.5) is 5.69 Å². The lowest BCUT2D eigenvalue weighted by molar-refractivity contribution is 0.0247. The normalized spacial score (nSPS) is 18.8. The molecule has 19 heavy (non-hydrogen) atoms. The number of nitrogens with one attached hydrogen (secondary N) is 1. The highest BCUT2D eigenvalue weighted by Gasteiger charge is 2.15. The maximum atomic E-state index is 11.9. The SMILES string of the molecule is C#CCn1ncc(NCC2CCCCO2)c(Br)c1=O. The Morgan fingerprint density at radius 1 is 1.63 bits per heavy atom. The Morgan fingerprint density at radius 3 is 3.16 bits per heavy atom. The number of terminal acetylenes is 1. The molecule has 1 N–H and O–H groups in total. The summed E-state index contributed by atoms with van der Waals surface area (Å²) in [5.74, 6) is 2.39. The second-order valence-electron chi connectivity index (χ2n) is 4.41. The Labute approximate surface area is 120 Å². The first-order valence-corrected chi connectivity index (χ1v) is 7.06. The van der Waals surface area contributed by atoms with Gasteiger partial charge in [0.15, 0.2) is 0 Å². The smallest absolute Gasteiger partial charge is 0.284 e. The molecule has 1 aromatic heterocycles. The van der Waals surface area contributed by atoms with Crippen molar-refractivity contribution in [2.24, 2.45) is 0 Å². The molecule has 2 heterocycles. The van der Waals surface area contributed by atoms with Crippen LogP contribution in [0.1, 0.15) is 19.3 Å². The zero-order valence-electron chi connectivity index (χ0n) is 10.6. The molecular weight excluding hydrogens is 310 g/mol. The van der Waals surface area contributed by atoms with E-state index in [0.717, 1.165) is 19.4 Å². The minimum absolute atomic E-state index is 0.170. The Bertz CT molecular complexity index is 530. The van der Waals surface area contributed by atoms with Gasteiger partial charge in [0.25, 0.3) is 5.56 Å². The van der Waals surface area contributed by atoms with E-state index in [0.29, 0.717) is 16.7 Å². The van der Waals surface area contributed by atoms with Crippen LogP contribution in [0, 0.1) is 12.3 Å². The largest absolute Gasteiger partial charge is 0.380 e. The van der Waals surface area contributed by atoms with Crippen molar-refractivity contribution >= 4 is 21.6 Å². The Morgan fingerprint density at radius 2 is 2.47 bits per heavy atom. The zero-order chi connectivity index (χ0) is 13.7. The molecule has 1 aromatic rings.